The van der Waals surface area contributed by atoms with Crippen molar-refractivity contribution in [2.75, 3.05) is 31.2 Å². The molecule has 2 saturated heterocycles. The molecule has 1 N–H and O–H groups in total. The number of hydrogen-bond acceptors (Lipinski definition) is 10. The second-order valence-corrected chi connectivity index (χ2v) is 10.1. The van der Waals surface area contributed by atoms with E-state index >= 15 is 0 Å². The van der Waals surface area contributed by atoms with Gasteiger partial charge in [-0.2, -0.15) is 0 Å². The van der Waals surface area contributed by atoms with Crippen LogP contribution < -0.4 is 10.2 Å². The number of ether oxygens (including phenoxy) is 5. The second kappa shape index (κ2) is 13.1. The molecular weight excluding hydrogens is 536 g/mol. The highest BCUT2D eigenvalue weighted by atomic mass is 16.7. The van der Waals surface area contributed by atoms with Crippen LogP contribution in [0.25, 0.3) is 0 Å². The topological polar surface area (TPSA) is 147 Å². The lowest BCUT2D eigenvalue weighted by Crippen LogP contribution is -2.53. The van der Waals surface area contributed by atoms with Crippen molar-refractivity contribution in [3.05, 3.63) is 29.8 Å². The highest BCUT2D eigenvalue weighted by molar-refractivity contribution is 6.06. The SMILES string of the molecule is C#C[C@@]1(C)[C@@H](COC(Cc2ccc(N3CCCNC3=O)cc2)(C(C)=O)C(=O)OCC)OC(OC(C)=O)[C@@H]1OC(C)=O. The van der Waals surface area contributed by atoms with E-state index in [0.717, 1.165) is 13.3 Å². The summed E-state index contributed by atoms with van der Waals surface area (Å²) in [6.45, 7) is 7.47. The molecule has 1 aromatic rings. The first-order valence-corrected chi connectivity index (χ1v) is 13.3. The van der Waals surface area contributed by atoms with E-state index in [2.05, 4.69) is 11.2 Å². The predicted octanol–water partition coefficient (Wildman–Crippen LogP) is 1.92. The number of benzene rings is 1. The lowest BCUT2D eigenvalue weighted by molar-refractivity contribution is -0.201. The normalized spacial score (nSPS) is 25.3. The molecule has 0 radical (unpaired) electrons. The fraction of sp³-hybridized carbons (Fsp3) is 0.552. The van der Waals surface area contributed by atoms with Gasteiger partial charge in [-0.1, -0.05) is 18.1 Å². The molecule has 2 aliphatic heterocycles. The van der Waals surface area contributed by atoms with Gasteiger partial charge in [-0.15, -0.1) is 6.42 Å². The maximum absolute atomic E-state index is 13.3. The summed E-state index contributed by atoms with van der Waals surface area (Å²) in [6, 6.07) is 6.63. The summed E-state index contributed by atoms with van der Waals surface area (Å²) in [6.07, 6.45) is 2.89. The third-order valence-electron chi connectivity index (χ3n) is 7.13. The molecule has 41 heavy (non-hydrogen) atoms. The van der Waals surface area contributed by atoms with Crippen LogP contribution in [-0.4, -0.2) is 80.1 Å². The van der Waals surface area contributed by atoms with E-state index in [9.17, 15) is 24.0 Å². The number of nitrogens with zero attached hydrogens (tertiary/aromatic N) is 1. The summed E-state index contributed by atoms with van der Waals surface area (Å²) in [5, 5.41) is 2.79. The van der Waals surface area contributed by atoms with Gasteiger partial charge in [-0.25, -0.2) is 9.59 Å². The quantitative estimate of drug-likeness (QED) is 0.181. The Morgan fingerprint density at radius 2 is 1.80 bits per heavy atom. The van der Waals surface area contributed by atoms with Crippen LogP contribution in [0.5, 0.6) is 0 Å². The molecule has 222 valence electrons. The number of ketones is 1. The van der Waals surface area contributed by atoms with Gasteiger partial charge in [0.1, 0.15) is 6.10 Å². The van der Waals surface area contributed by atoms with Crippen molar-refractivity contribution in [1.29, 1.82) is 0 Å². The standard InChI is InChI=1S/C29H36N2O10/c1-7-28(6)23(41-25(40-20(5)34)24(28)39-19(4)33)17-38-29(18(3)32,26(35)37-8-2)16-21-10-12-22(13-11-21)31-15-9-14-30-27(31)36/h1,10-13,23-25H,8-9,14-17H2,2-6H3,(H,30,36)/t23-,24+,25?,28+,29?/m1/s1. The molecule has 12 heteroatoms. The zero-order valence-corrected chi connectivity index (χ0v) is 23.9. The van der Waals surface area contributed by atoms with Gasteiger partial charge in [0, 0.05) is 39.0 Å². The first-order chi connectivity index (χ1) is 19.4. The number of terminal acetylenes is 1. The summed E-state index contributed by atoms with van der Waals surface area (Å²) in [5.41, 5.74) is -2.19. The summed E-state index contributed by atoms with van der Waals surface area (Å²) < 4.78 is 27.7. The van der Waals surface area contributed by atoms with Gasteiger partial charge in [-0.05, 0) is 44.9 Å². The van der Waals surface area contributed by atoms with E-state index in [1.165, 1.54) is 13.8 Å². The third kappa shape index (κ3) is 6.86. The molecule has 2 aliphatic rings. The first-order valence-electron chi connectivity index (χ1n) is 13.3. The van der Waals surface area contributed by atoms with Gasteiger partial charge in [0.05, 0.1) is 18.6 Å². The molecule has 2 heterocycles. The van der Waals surface area contributed by atoms with Gasteiger partial charge >= 0.3 is 23.9 Å². The maximum Gasteiger partial charge on any atom is 0.346 e. The van der Waals surface area contributed by atoms with Crippen LogP contribution in [0.1, 0.15) is 46.6 Å². The molecule has 0 spiro atoms. The molecule has 5 atom stereocenters. The Kier molecular flexibility index (Phi) is 10.1. The predicted molar refractivity (Wildman–Crippen MR) is 144 cm³/mol. The number of carbonyl (C=O) groups is 5. The van der Waals surface area contributed by atoms with Crippen LogP contribution in [0.4, 0.5) is 10.5 Å². The summed E-state index contributed by atoms with van der Waals surface area (Å²) in [5.74, 6) is -0.340. The van der Waals surface area contributed by atoms with Crippen molar-refractivity contribution < 1.29 is 47.7 Å². The third-order valence-corrected chi connectivity index (χ3v) is 7.13. The Balaban J connectivity index is 1.90. The van der Waals surface area contributed by atoms with E-state index in [0.29, 0.717) is 24.3 Å². The molecule has 12 nitrogen and oxygen atoms in total. The minimum Gasteiger partial charge on any atom is -0.463 e. The Bertz CT molecular complexity index is 1210. The van der Waals surface area contributed by atoms with E-state index in [1.807, 2.05) is 0 Å². The number of carbonyl (C=O) groups excluding carboxylic acids is 5. The minimum absolute atomic E-state index is 0.00865. The van der Waals surface area contributed by atoms with Crippen molar-refractivity contribution in [2.24, 2.45) is 5.41 Å². The zero-order chi connectivity index (χ0) is 30.4. The number of nitrogens with one attached hydrogen (secondary N) is 1. The molecule has 2 amide bonds. The number of Topliss-reactive ketones (excluding diaryl/α,β-unsaturated/α-hetero) is 1. The average molecular weight is 573 g/mol. The molecule has 0 aromatic heterocycles. The lowest BCUT2D eigenvalue weighted by atomic mass is 9.81. The van der Waals surface area contributed by atoms with E-state index < -0.39 is 59.8 Å². The molecule has 0 saturated carbocycles. The Hall–Kier alpha value is -3.95. The Labute approximate surface area is 238 Å². The summed E-state index contributed by atoms with van der Waals surface area (Å²) in [4.78, 5) is 63.7. The van der Waals surface area contributed by atoms with Gasteiger partial charge in [-0.3, -0.25) is 19.3 Å². The van der Waals surface area contributed by atoms with Crippen LogP contribution in [0.2, 0.25) is 0 Å². The lowest BCUT2D eigenvalue weighted by Gasteiger charge is -2.33. The van der Waals surface area contributed by atoms with Crippen molar-refractivity contribution >= 4 is 35.4 Å². The molecule has 2 unspecified atom stereocenters. The molecule has 2 fully saturated rings. The number of amides is 2. The van der Waals surface area contributed by atoms with Crippen LogP contribution >= 0.6 is 0 Å². The second-order valence-electron chi connectivity index (χ2n) is 10.1. The summed E-state index contributed by atoms with van der Waals surface area (Å²) in [7, 11) is 0. The molecule has 0 bridgehead atoms. The number of hydrogen-bond donors (Lipinski definition) is 1. The highest BCUT2D eigenvalue weighted by Crippen LogP contribution is 2.42. The van der Waals surface area contributed by atoms with Crippen molar-refractivity contribution in [1.82, 2.24) is 5.32 Å². The van der Waals surface area contributed by atoms with Crippen LogP contribution in [0, 0.1) is 17.8 Å². The van der Waals surface area contributed by atoms with E-state index in [1.54, 1.807) is 43.0 Å². The van der Waals surface area contributed by atoms with Gasteiger partial charge in [0.25, 0.3) is 0 Å². The number of esters is 3. The van der Waals surface area contributed by atoms with Gasteiger partial charge in [0.2, 0.25) is 11.9 Å². The Morgan fingerprint density at radius 3 is 2.34 bits per heavy atom. The number of anilines is 1. The summed E-state index contributed by atoms with van der Waals surface area (Å²) >= 11 is 0. The van der Waals surface area contributed by atoms with Crippen LogP contribution in [0.3, 0.4) is 0 Å². The fourth-order valence-electron chi connectivity index (χ4n) is 4.81. The number of rotatable bonds is 11. The smallest absolute Gasteiger partial charge is 0.346 e. The zero-order valence-electron chi connectivity index (χ0n) is 23.9. The Morgan fingerprint density at radius 1 is 1.15 bits per heavy atom. The van der Waals surface area contributed by atoms with Crippen molar-refractivity contribution in [3.8, 4) is 12.3 Å². The van der Waals surface area contributed by atoms with Crippen molar-refractivity contribution in [2.45, 2.75) is 71.6 Å². The van der Waals surface area contributed by atoms with Gasteiger partial charge in [0.15, 0.2) is 11.9 Å². The monoisotopic (exact) mass is 572 g/mol. The number of urea groups is 1. The first kappa shape index (κ1) is 31.6. The van der Waals surface area contributed by atoms with Crippen molar-refractivity contribution in [3.63, 3.8) is 0 Å². The molecule has 3 rings (SSSR count). The van der Waals surface area contributed by atoms with Crippen LogP contribution in [0.15, 0.2) is 24.3 Å². The van der Waals surface area contributed by atoms with E-state index in [4.69, 9.17) is 30.1 Å². The molecular formula is C29H36N2O10. The minimum atomic E-state index is -2.07. The van der Waals surface area contributed by atoms with Gasteiger partial charge < -0.3 is 29.0 Å². The van der Waals surface area contributed by atoms with Crippen LogP contribution in [-0.2, 0) is 49.3 Å². The molecule has 0 aliphatic carbocycles. The maximum atomic E-state index is 13.3. The largest absolute Gasteiger partial charge is 0.463 e. The average Bonchev–Trinajstić information content (AvgIpc) is 3.17. The van der Waals surface area contributed by atoms with E-state index in [-0.39, 0.29) is 19.1 Å². The fourth-order valence-corrected chi connectivity index (χ4v) is 4.81. The highest BCUT2D eigenvalue weighted by Gasteiger charge is 2.58. The molecule has 1 aromatic carbocycles.